The first kappa shape index (κ1) is 11.4. The zero-order valence-electron chi connectivity index (χ0n) is 10.4. The Bertz CT molecular complexity index is 193. The lowest BCUT2D eigenvalue weighted by Gasteiger charge is -2.50. The topological polar surface area (TPSA) is 9.72 Å². The minimum absolute atomic E-state index is 0.786. The number of likely N-dealkylation sites (N-methyl/N-ethyl adjacent to an activating group) is 1. The monoisotopic (exact) mass is 211 g/mol. The van der Waals surface area contributed by atoms with Crippen LogP contribution in [-0.4, -0.2) is 73.1 Å². The van der Waals surface area contributed by atoms with E-state index in [-0.39, 0.29) is 0 Å². The third-order valence-electron chi connectivity index (χ3n) is 4.16. The molecule has 0 aromatic heterocycles. The standard InChI is InChI=1S/C12H25N3/c1-4-11(2)15-9-12(10-15)14-7-5-13(3)6-8-14/h11-12H,4-10H2,1-3H3. The predicted molar refractivity (Wildman–Crippen MR) is 64.2 cm³/mol. The molecule has 0 aliphatic carbocycles. The summed E-state index contributed by atoms with van der Waals surface area (Å²) in [6.07, 6.45) is 1.29. The summed E-state index contributed by atoms with van der Waals surface area (Å²) in [7, 11) is 2.23. The number of nitrogens with zero attached hydrogens (tertiary/aromatic N) is 3. The molecule has 0 aromatic carbocycles. The average Bonchev–Trinajstić information content (AvgIpc) is 2.18. The van der Waals surface area contributed by atoms with Crippen molar-refractivity contribution < 1.29 is 0 Å². The van der Waals surface area contributed by atoms with Gasteiger partial charge >= 0.3 is 0 Å². The molecule has 15 heavy (non-hydrogen) atoms. The van der Waals surface area contributed by atoms with Crippen molar-refractivity contribution in [2.45, 2.75) is 32.4 Å². The summed E-state index contributed by atoms with van der Waals surface area (Å²) < 4.78 is 0. The zero-order chi connectivity index (χ0) is 10.8. The molecular weight excluding hydrogens is 186 g/mol. The molecule has 3 heteroatoms. The van der Waals surface area contributed by atoms with E-state index >= 15 is 0 Å². The van der Waals surface area contributed by atoms with E-state index in [1.54, 1.807) is 0 Å². The fourth-order valence-corrected chi connectivity index (χ4v) is 2.52. The largest absolute Gasteiger partial charge is 0.304 e. The summed E-state index contributed by atoms with van der Waals surface area (Å²) >= 11 is 0. The van der Waals surface area contributed by atoms with Crippen molar-refractivity contribution >= 4 is 0 Å². The molecule has 2 fully saturated rings. The Balaban J connectivity index is 1.70. The highest BCUT2D eigenvalue weighted by molar-refractivity contribution is 4.91. The minimum atomic E-state index is 0.786. The summed E-state index contributed by atoms with van der Waals surface area (Å²) in [5.74, 6) is 0. The van der Waals surface area contributed by atoms with E-state index in [1.807, 2.05) is 0 Å². The lowest BCUT2D eigenvalue weighted by Crippen LogP contribution is -2.64. The maximum Gasteiger partial charge on any atom is 0.0351 e. The van der Waals surface area contributed by atoms with Crippen molar-refractivity contribution in [3.63, 3.8) is 0 Å². The first-order valence-electron chi connectivity index (χ1n) is 6.37. The number of hydrogen-bond donors (Lipinski definition) is 0. The van der Waals surface area contributed by atoms with Crippen LogP contribution in [0.1, 0.15) is 20.3 Å². The van der Waals surface area contributed by atoms with Gasteiger partial charge in [-0.1, -0.05) is 6.92 Å². The van der Waals surface area contributed by atoms with E-state index in [9.17, 15) is 0 Å². The summed E-state index contributed by atoms with van der Waals surface area (Å²) in [4.78, 5) is 7.73. The molecule has 0 aromatic rings. The number of piperazine rings is 1. The normalized spacial score (nSPS) is 29.0. The maximum absolute atomic E-state index is 2.68. The van der Waals surface area contributed by atoms with E-state index in [2.05, 4.69) is 35.6 Å². The Labute approximate surface area is 94.0 Å². The third kappa shape index (κ3) is 2.52. The van der Waals surface area contributed by atoms with Crippen molar-refractivity contribution in [2.24, 2.45) is 0 Å². The molecule has 0 spiro atoms. The molecule has 2 rings (SSSR count). The van der Waals surface area contributed by atoms with Gasteiger partial charge in [-0.15, -0.1) is 0 Å². The molecule has 0 bridgehead atoms. The molecule has 2 saturated heterocycles. The fraction of sp³-hybridized carbons (Fsp3) is 1.00. The average molecular weight is 211 g/mol. The van der Waals surface area contributed by atoms with Crippen LogP contribution in [-0.2, 0) is 0 Å². The predicted octanol–water partition coefficient (Wildman–Crippen LogP) is 0.717. The Morgan fingerprint density at radius 2 is 1.73 bits per heavy atom. The summed E-state index contributed by atoms with van der Waals surface area (Å²) in [5, 5.41) is 0. The summed E-state index contributed by atoms with van der Waals surface area (Å²) in [6, 6.07) is 1.64. The second-order valence-electron chi connectivity index (χ2n) is 5.20. The van der Waals surface area contributed by atoms with Gasteiger partial charge in [-0.3, -0.25) is 9.80 Å². The van der Waals surface area contributed by atoms with Gasteiger partial charge in [-0.2, -0.15) is 0 Å². The Morgan fingerprint density at radius 1 is 1.13 bits per heavy atom. The first-order chi connectivity index (χ1) is 7.20. The second-order valence-corrected chi connectivity index (χ2v) is 5.20. The van der Waals surface area contributed by atoms with Crippen LogP contribution in [0.5, 0.6) is 0 Å². The Morgan fingerprint density at radius 3 is 2.27 bits per heavy atom. The molecule has 2 aliphatic rings. The maximum atomic E-state index is 2.68. The van der Waals surface area contributed by atoms with Crippen molar-refractivity contribution in [3.8, 4) is 0 Å². The molecule has 88 valence electrons. The zero-order valence-corrected chi connectivity index (χ0v) is 10.4. The van der Waals surface area contributed by atoms with Gasteiger partial charge in [0.2, 0.25) is 0 Å². The van der Waals surface area contributed by atoms with Crippen LogP contribution in [0.15, 0.2) is 0 Å². The molecular formula is C12H25N3. The SMILES string of the molecule is CCC(C)N1CC(N2CCN(C)CC2)C1. The smallest absolute Gasteiger partial charge is 0.0351 e. The highest BCUT2D eigenvalue weighted by atomic mass is 15.4. The molecule has 0 saturated carbocycles. The highest BCUT2D eigenvalue weighted by Crippen LogP contribution is 2.20. The van der Waals surface area contributed by atoms with E-state index in [4.69, 9.17) is 0 Å². The van der Waals surface area contributed by atoms with Gasteiger partial charge in [-0.05, 0) is 20.4 Å². The quantitative estimate of drug-likeness (QED) is 0.681. The van der Waals surface area contributed by atoms with E-state index in [1.165, 1.54) is 45.7 Å². The van der Waals surface area contributed by atoms with Gasteiger partial charge in [0.1, 0.15) is 0 Å². The van der Waals surface area contributed by atoms with Crippen molar-refractivity contribution in [3.05, 3.63) is 0 Å². The van der Waals surface area contributed by atoms with Crippen LogP contribution in [0.2, 0.25) is 0 Å². The number of rotatable bonds is 3. The van der Waals surface area contributed by atoms with Crippen LogP contribution >= 0.6 is 0 Å². The van der Waals surface area contributed by atoms with Crippen LogP contribution in [0.25, 0.3) is 0 Å². The fourth-order valence-electron chi connectivity index (χ4n) is 2.52. The van der Waals surface area contributed by atoms with Gasteiger partial charge in [0.15, 0.2) is 0 Å². The molecule has 1 atom stereocenters. The van der Waals surface area contributed by atoms with Gasteiger partial charge in [-0.25, -0.2) is 0 Å². The molecule has 2 heterocycles. The van der Waals surface area contributed by atoms with E-state index < -0.39 is 0 Å². The van der Waals surface area contributed by atoms with Crippen LogP contribution < -0.4 is 0 Å². The van der Waals surface area contributed by atoms with Crippen molar-refractivity contribution in [2.75, 3.05) is 46.3 Å². The van der Waals surface area contributed by atoms with Crippen LogP contribution in [0.3, 0.4) is 0 Å². The molecule has 0 radical (unpaired) electrons. The lowest BCUT2D eigenvalue weighted by atomic mass is 10.0. The molecule has 0 N–H and O–H groups in total. The number of hydrogen-bond acceptors (Lipinski definition) is 3. The number of likely N-dealkylation sites (tertiary alicyclic amines) is 1. The van der Waals surface area contributed by atoms with Gasteiger partial charge in [0, 0.05) is 51.4 Å². The molecule has 3 nitrogen and oxygen atoms in total. The van der Waals surface area contributed by atoms with E-state index in [0.717, 1.165) is 12.1 Å². The Kier molecular flexibility index (Phi) is 3.65. The van der Waals surface area contributed by atoms with Crippen LogP contribution in [0.4, 0.5) is 0 Å². The van der Waals surface area contributed by atoms with E-state index in [0.29, 0.717) is 0 Å². The lowest BCUT2D eigenvalue weighted by molar-refractivity contribution is -0.0101. The summed E-state index contributed by atoms with van der Waals surface area (Å²) in [6.45, 7) is 12.3. The highest BCUT2D eigenvalue weighted by Gasteiger charge is 2.34. The van der Waals surface area contributed by atoms with Gasteiger partial charge < -0.3 is 4.90 Å². The minimum Gasteiger partial charge on any atom is -0.304 e. The third-order valence-corrected chi connectivity index (χ3v) is 4.16. The van der Waals surface area contributed by atoms with Crippen molar-refractivity contribution in [1.82, 2.24) is 14.7 Å². The van der Waals surface area contributed by atoms with Crippen molar-refractivity contribution in [1.29, 1.82) is 0 Å². The molecule has 2 aliphatic heterocycles. The second kappa shape index (κ2) is 4.81. The molecule has 1 unspecified atom stereocenters. The van der Waals surface area contributed by atoms with Crippen LogP contribution in [0, 0.1) is 0 Å². The molecule has 0 amide bonds. The summed E-state index contributed by atoms with van der Waals surface area (Å²) in [5.41, 5.74) is 0. The first-order valence-corrected chi connectivity index (χ1v) is 6.37. The Hall–Kier alpha value is -0.120. The van der Waals surface area contributed by atoms with Gasteiger partial charge in [0.05, 0.1) is 0 Å². The van der Waals surface area contributed by atoms with Gasteiger partial charge in [0.25, 0.3) is 0 Å².